The largest absolute Gasteiger partial charge is 0.385 e. The average Bonchev–Trinajstić information content (AvgIpc) is 2.32. The summed E-state index contributed by atoms with van der Waals surface area (Å²) in [6.45, 7) is 2.93. The minimum atomic E-state index is -0.204. The van der Waals surface area contributed by atoms with Crippen LogP contribution in [-0.2, 0) is 0 Å². The summed E-state index contributed by atoms with van der Waals surface area (Å²) in [4.78, 5) is 0. The maximum Gasteiger partial charge on any atom is 0.123 e. The number of rotatable bonds is 3. The maximum atomic E-state index is 12.8. The smallest absolute Gasteiger partial charge is 0.123 e. The number of para-hydroxylation sites is 1. The highest BCUT2D eigenvalue weighted by Crippen LogP contribution is 2.27. The first-order chi connectivity index (χ1) is 7.81. The van der Waals surface area contributed by atoms with Gasteiger partial charge in [0.05, 0.1) is 0 Å². The SMILES string of the molecule is CCNc1ccccc1-c1ccc(F)cc1. The quantitative estimate of drug-likeness (QED) is 0.818. The van der Waals surface area contributed by atoms with Crippen LogP contribution in [0.4, 0.5) is 10.1 Å². The van der Waals surface area contributed by atoms with Crippen LogP contribution in [0.25, 0.3) is 11.1 Å². The molecule has 0 saturated heterocycles. The Balaban J connectivity index is 2.42. The Kier molecular flexibility index (Phi) is 3.20. The number of hydrogen-bond donors (Lipinski definition) is 1. The van der Waals surface area contributed by atoms with Gasteiger partial charge in [-0.15, -0.1) is 0 Å². The molecule has 2 aromatic carbocycles. The van der Waals surface area contributed by atoms with Gasteiger partial charge in [-0.05, 0) is 30.7 Å². The molecular weight excluding hydrogens is 201 g/mol. The summed E-state index contributed by atoms with van der Waals surface area (Å²) in [5.74, 6) is -0.204. The first-order valence-corrected chi connectivity index (χ1v) is 5.40. The van der Waals surface area contributed by atoms with Crippen molar-refractivity contribution < 1.29 is 4.39 Å². The second-order valence-corrected chi connectivity index (χ2v) is 3.58. The average molecular weight is 215 g/mol. The van der Waals surface area contributed by atoms with Crippen molar-refractivity contribution in [3.63, 3.8) is 0 Å². The van der Waals surface area contributed by atoms with Gasteiger partial charge < -0.3 is 5.32 Å². The van der Waals surface area contributed by atoms with Gasteiger partial charge in [-0.1, -0.05) is 30.3 Å². The van der Waals surface area contributed by atoms with E-state index in [0.717, 1.165) is 23.4 Å². The van der Waals surface area contributed by atoms with Crippen molar-refractivity contribution >= 4 is 5.69 Å². The molecule has 0 bridgehead atoms. The summed E-state index contributed by atoms with van der Waals surface area (Å²) in [6.07, 6.45) is 0. The standard InChI is InChI=1S/C14H14FN/c1-2-16-14-6-4-3-5-13(14)11-7-9-12(15)10-8-11/h3-10,16H,2H2,1H3. The molecule has 16 heavy (non-hydrogen) atoms. The van der Waals surface area contributed by atoms with Crippen LogP contribution in [0.1, 0.15) is 6.92 Å². The molecule has 0 spiro atoms. The van der Waals surface area contributed by atoms with E-state index in [2.05, 4.69) is 12.2 Å². The molecule has 2 heteroatoms. The van der Waals surface area contributed by atoms with Gasteiger partial charge in [-0.2, -0.15) is 0 Å². The zero-order chi connectivity index (χ0) is 11.4. The van der Waals surface area contributed by atoms with E-state index in [0.29, 0.717) is 0 Å². The molecule has 0 aromatic heterocycles. The van der Waals surface area contributed by atoms with E-state index in [1.807, 2.05) is 24.3 Å². The van der Waals surface area contributed by atoms with E-state index in [1.165, 1.54) is 12.1 Å². The molecule has 0 atom stereocenters. The Morgan fingerprint density at radius 1 is 1.00 bits per heavy atom. The number of anilines is 1. The molecule has 0 heterocycles. The van der Waals surface area contributed by atoms with Crippen LogP contribution in [0, 0.1) is 5.82 Å². The monoisotopic (exact) mass is 215 g/mol. The van der Waals surface area contributed by atoms with Crippen molar-refractivity contribution in [3.8, 4) is 11.1 Å². The van der Waals surface area contributed by atoms with E-state index in [9.17, 15) is 4.39 Å². The Hall–Kier alpha value is -1.83. The normalized spacial score (nSPS) is 10.1. The third-order valence-corrected chi connectivity index (χ3v) is 2.45. The number of nitrogens with one attached hydrogen (secondary N) is 1. The molecule has 0 aliphatic heterocycles. The molecule has 1 nitrogen and oxygen atoms in total. The highest BCUT2D eigenvalue weighted by molar-refractivity contribution is 5.77. The molecule has 1 N–H and O–H groups in total. The van der Waals surface area contributed by atoms with Crippen molar-refractivity contribution in [2.24, 2.45) is 0 Å². The lowest BCUT2D eigenvalue weighted by Gasteiger charge is -2.10. The number of hydrogen-bond acceptors (Lipinski definition) is 1. The highest BCUT2D eigenvalue weighted by atomic mass is 19.1. The molecule has 0 radical (unpaired) electrons. The highest BCUT2D eigenvalue weighted by Gasteiger charge is 2.03. The number of halogens is 1. The van der Waals surface area contributed by atoms with E-state index < -0.39 is 0 Å². The lowest BCUT2D eigenvalue weighted by molar-refractivity contribution is 0.628. The van der Waals surface area contributed by atoms with Crippen LogP contribution < -0.4 is 5.32 Å². The fourth-order valence-electron chi connectivity index (χ4n) is 1.71. The molecule has 0 aliphatic carbocycles. The summed E-state index contributed by atoms with van der Waals surface area (Å²) in [5, 5.41) is 3.30. The Labute approximate surface area is 94.9 Å². The van der Waals surface area contributed by atoms with Crippen molar-refractivity contribution in [1.82, 2.24) is 0 Å². The van der Waals surface area contributed by atoms with Gasteiger partial charge in [0, 0.05) is 17.8 Å². The van der Waals surface area contributed by atoms with E-state index in [1.54, 1.807) is 12.1 Å². The van der Waals surface area contributed by atoms with Crippen LogP contribution in [0.5, 0.6) is 0 Å². The van der Waals surface area contributed by atoms with Crippen LogP contribution in [0.3, 0.4) is 0 Å². The fourth-order valence-corrected chi connectivity index (χ4v) is 1.71. The minimum absolute atomic E-state index is 0.204. The first-order valence-electron chi connectivity index (χ1n) is 5.40. The van der Waals surface area contributed by atoms with Crippen LogP contribution in [0.2, 0.25) is 0 Å². The van der Waals surface area contributed by atoms with Gasteiger partial charge in [-0.25, -0.2) is 4.39 Å². The van der Waals surface area contributed by atoms with Crippen LogP contribution in [-0.4, -0.2) is 6.54 Å². The van der Waals surface area contributed by atoms with Crippen LogP contribution >= 0.6 is 0 Å². The molecule has 2 rings (SSSR count). The molecule has 0 amide bonds. The van der Waals surface area contributed by atoms with Crippen molar-refractivity contribution in [2.45, 2.75) is 6.92 Å². The second-order valence-electron chi connectivity index (χ2n) is 3.58. The molecule has 0 saturated carbocycles. The van der Waals surface area contributed by atoms with Gasteiger partial charge in [0.1, 0.15) is 5.82 Å². The van der Waals surface area contributed by atoms with Crippen molar-refractivity contribution in [1.29, 1.82) is 0 Å². The van der Waals surface area contributed by atoms with Gasteiger partial charge in [0.25, 0.3) is 0 Å². The van der Waals surface area contributed by atoms with Gasteiger partial charge in [0.2, 0.25) is 0 Å². The van der Waals surface area contributed by atoms with Gasteiger partial charge in [0.15, 0.2) is 0 Å². The first kappa shape index (κ1) is 10.7. The summed E-state index contributed by atoms with van der Waals surface area (Å²) in [6, 6.07) is 14.6. The van der Waals surface area contributed by atoms with Crippen LogP contribution in [0.15, 0.2) is 48.5 Å². The summed E-state index contributed by atoms with van der Waals surface area (Å²) in [7, 11) is 0. The van der Waals surface area contributed by atoms with E-state index >= 15 is 0 Å². The van der Waals surface area contributed by atoms with E-state index in [-0.39, 0.29) is 5.82 Å². The minimum Gasteiger partial charge on any atom is -0.385 e. The zero-order valence-electron chi connectivity index (χ0n) is 9.20. The third-order valence-electron chi connectivity index (χ3n) is 2.45. The van der Waals surface area contributed by atoms with Crippen molar-refractivity contribution in [3.05, 3.63) is 54.3 Å². The lowest BCUT2D eigenvalue weighted by Crippen LogP contribution is -1.98. The fraction of sp³-hybridized carbons (Fsp3) is 0.143. The second kappa shape index (κ2) is 4.79. The predicted octanol–water partition coefficient (Wildman–Crippen LogP) is 3.92. The molecular formula is C14H14FN. The lowest BCUT2D eigenvalue weighted by atomic mass is 10.0. The van der Waals surface area contributed by atoms with Gasteiger partial charge in [-0.3, -0.25) is 0 Å². The topological polar surface area (TPSA) is 12.0 Å². The predicted molar refractivity (Wildman–Crippen MR) is 66.0 cm³/mol. The summed E-state index contributed by atoms with van der Waals surface area (Å²) < 4.78 is 12.8. The maximum absolute atomic E-state index is 12.8. The van der Waals surface area contributed by atoms with E-state index in [4.69, 9.17) is 0 Å². The molecule has 0 unspecified atom stereocenters. The Bertz CT molecular complexity index is 462. The number of benzene rings is 2. The molecule has 82 valence electrons. The Morgan fingerprint density at radius 2 is 1.69 bits per heavy atom. The third kappa shape index (κ3) is 2.22. The molecule has 0 fully saturated rings. The summed E-state index contributed by atoms with van der Waals surface area (Å²) >= 11 is 0. The zero-order valence-corrected chi connectivity index (χ0v) is 9.20. The van der Waals surface area contributed by atoms with Gasteiger partial charge >= 0.3 is 0 Å². The molecule has 0 aliphatic rings. The Morgan fingerprint density at radius 3 is 2.38 bits per heavy atom. The van der Waals surface area contributed by atoms with Crippen molar-refractivity contribution in [2.75, 3.05) is 11.9 Å². The summed E-state index contributed by atoms with van der Waals surface area (Å²) in [5.41, 5.74) is 3.21. The molecule has 2 aromatic rings.